The maximum atomic E-state index is 10.5. The fraction of sp³-hybridized carbons (Fsp3) is 0.500. The van der Waals surface area contributed by atoms with Gasteiger partial charge >= 0.3 is 0 Å². The summed E-state index contributed by atoms with van der Waals surface area (Å²) in [5, 5.41) is 6.24. The molecule has 0 radical (unpaired) electrons. The third-order valence-corrected chi connectivity index (χ3v) is 2.50. The van der Waals surface area contributed by atoms with Gasteiger partial charge in [0, 0.05) is 24.7 Å². The fourth-order valence-electron chi connectivity index (χ4n) is 1.45. The molecule has 0 aromatic heterocycles. The molecule has 1 aliphatic rings. The van der Waals surface area contributed by atoms with Gasteiger partial charge in [0.25, 0.3) is 0 Å². The molecule has 0 amide bonds. The van der Waals surface area contributed by atoms with Crippen molar-refractivity contribution in [2.45, 2.75) is 18.4 Å². The van der Waals surface area contributed by atoms with Gasteiger partial charge < -0.3 is 15.4 Å². The molecule has 0 bridgehead atoms. The molecule has 0 aromatic carbocycles. The number of carbonyl (C=O) groups is 1. The Kier molecular flexibility index (Phi) is 3.25. The molecule has 3 heteroatoms. The second kappa shape index (κ2) is 4.23. The molecule has 0 saturated carbocycles. The molecular weight excluding hydrogens is 164 g/mol. The molecule has 2 N–H and O–H groups in total. The van der Waals surface area contributed by atoms with Crippen molar-refractivity contribution >= 4 is 6.29 Å². The minimum absolute atomic E-state index is 0.165. The highest BCUT2D eigenvalue weighted by molar-refractivity contribution is 5.54. The summed E-state index contributed by atoms with van der Waals surface area (Å²) >= 11 is 0. The first kappa shape index (κ1) is 9.99. The predicted molar refractivity (Wildman–Crippen MR) is 53.4 cm³/mol. The smallest absolute Gasteiger partial charge is 0.122 e. The van der Waals surface area contributed by atoms with Gasteiger partial charge in [-0.1, -0.05) is 12.2 Å². The van der Waals surface area contributed by atoms with Crippen molar-refractivity contribution in [2.24, 2.45) is 0 Å². The number of rotatable bonds is 4. The zero-order valence-electron chi connectivity index (χ0n) is 8.13. The van der Waals surface area contributed by atoms with Gasteiger partial charge in [-0.3, -0.25) is 0 Å². The SMILES string of the molecule is CNC1=CCC(CC=O)(NC)C=C1. The van der Waals surface area contributed by atoms with Crippen LogP contribution in [-0.4, -0.2) is 25.9 Å². The van der Waals surface area contributed by atoms with E-state index in [1.165, 1.54) is 0 Å². The molecule has 1 atom stereocenters. The van der Waals surface area contributed by atoms with Gasteiger partial charge in [0.1, 0.15) is 6.29 Å². The summed E-state index contributed by atoms with van der Waals surface area (Å²) in [6.45, 7) is 0. The first-order valence-corrected chi connectivity index (χ1v) is 4.46. The van der Waals surface area contributed by atoms with Crippen LogP contribution in [0.5, 0.6) is 0 Å². The molecule has 0 spiro atoms. The Hall–Kier alpha value is -1.09. The fourth-order valence-corrected chi connectivity index (χ4v) is 1.45. The van der Waals surface area contributed by atoms with E-state index in [-0.39, 0.29) is 5.54 Å². The number of nitrogens with one attached hydrogen (secondary N) is 2. The van der Waals surface area contributed by atoms with Gasteiger partial charge in [-0.15, -0.1) is 0 Å². The zero-order valence-corrected chi connectivity index (χ0v) is 8.13. The molecule has 1 rings (SSSR count). The van der Waals surface area contributed by atoms with Crippen LogP contribution >= 0.6 is 0 Å². The summed E-state index contributed by atoms with van der Waals surface area (Å²) in [6, 6.07) is 0. The number of allylic oxidation sites excluding steroid dienone is 1. The maximum Gasteiger partial charge on any atom is 0.122 e. The third kappa shape index (κ3) is 2.18. The minimum atomic E-state index is -0.165. The molecule has 13 heavy (non-hydrogen) atoms. The van der Waals surface area contributed by atoms with Gasteiger partial charge in [0.15, 0.2) is 0 Å². The van der Waals surface area contributed by atoms with Crippen molar-refractivity contribution < 1.29 is 4.79 Å². The standard InChI is InChI=1S/C10H16N2O/c1-11-9-3-5-10(12-2,6-4-9)7-8-13/h3-5,8,11-12H,6-7H2,1-2H3. The number of hydrogen-bond acceptors (Lipinski definition) is 3. The van der Waals surface area contributed by atoms with Crippen molar-refractivity contribution in [3.8, 4) is 0 Å². The minimum Gasteiger partial charge on any atom is -0.388 e. The second-order valence-electron chi connectivity index (χ2n) is 3.22. The van der Waals surface area contributed by atoms with Crippen LogP contribution in [0, 0.1) is 0 Å². The molecule has 0 aliphatic heterocycles. The van der Waals surface area contributed by atoms with Crippen molar-refractivity contribution in [3.05, 3.63) is 23.9 Å². The summed E-state index contributed by atoms with van der Waals surface area (Å²) in [6.07, 6.45) is 8.48. The van der Waals surface area contributed by atoms with E-state index in [0.717, 1.165) is 18.4 Å². The highest BCUT2D eigenvalue weighted by Gasteiger charge is 2.25. The molecule has 1 aliphatic carbocycles. The largest absolute Gasteiger partial charge is 0.388 e. The topological polar surface area (TPSA) is 41.1 Å². The Labute approximate surface area is 78.9 Å². The monoisotopic (exact) mass is 180 g/mol. The van der Waals surface area contributed by atoms with Crippen LogP contribution in [-0.2, 0) is 4.79 Å². The summed E-state index contributed by atoms with van der Waals surface area (Å²) in [5.74, 6) is 0. The lowest BCUT2D eigenvalue weighted by Gasteiger charge is -2.30. The van der Waals surface area contributed by atoms with Crippen molar-refractivity contribution in [1.29, 1.82) is 0 Å². The Morgan fingerprint density at radius 2 is 2.38 bits per heavy atom. The molecule has 0 saturated heterocycles. The second-order valence-corrected chi connectivity index (χ2v) is 3.22. The van der Waals surface area contributed by atoms with Crippen molar-refractivity contribution in [1.82, 2.24) is 10.6 Å². The van der Waals surface area contributed by atoms with Crippen LogP contribution in [0.2, 0.25) is 0 Å². The van der Waals surface area contributed by atoms with Gasteiger partial charge in [-0.25, -0.2) is 0 Å². The molecular formula is C10H16N2O. The quantitative estimate of drug-likeness (QED) is 0.622. The van der Waals surface area contributed by atoms with Crippen LogP contribution in [0.25, 0.3) is 0 Å². The zero-order chi connectivity index (χ0) is 9.73. The summed E-state index contributed by atoms with van der Waals surface area (Å²) in [5.41, 5.74) is 0.944. The van der Waals surface area contributed by atoms with E-state index in [4.69, 9.17) is 0 Å². The van der Waals surface area contributed by atoms with Crippen molar-refractivity contribution in [3.63, 3.8) is 0 Å². The lowest BCUT2D eigenvalue weighted by Crippen LogP contribution is -2.42. The molecule has 0 aromatic rings. The van der Waals surface area contributed by atoms with Crippen LogP contribution in [0.1, 0.15) is 12.8 Å². The van der Waals surface area contributed by atoms with Gasteiger partial charge in [-0.05, 0) is 19.5 Å². The van der Waals surface area contributed by atoms with E-state index in [2.05, 4.69) is 16.7 Å². The Morgan fingerprint density at radius 1 is 1.62 bits per heavy atom. The van der Waals surface area contributed by atoms with Crippen molar-refractivity contribution in [2.75, 3.05) is 14.1 Å². The van der Waals surface area contributed by atoms with Crippen LogP contribution in [0.4, 0.5) is 0 Å². The molecule has 3 nitrogen and oxygen atoms in total. The summed E-state index contributed by atoms with van der Waals surface area (Å²) < 4.78 is 0. The van der Waals surface area contributed by atoms with E-state index < -0.39 is 0 Å². The Bertz CT molecular complexity index is 245. The van der Waals surface area contributed by atoms with Crippen LogP contribution < -0.4 is 10.6 Å². The van der Waals surface area contributed by atoms with E-state index in [1.54, 1.807) is 0 Å². The lowest BCUT2D eigenvalue weighted by atomic mass is 9.88. The predicted octanol–water partition coefficient (Wildman–Crippen LogP) is 0.597. The Morgan fingerprint density at radius 3 is 2.77 bits per heavy atom. The normalized spacial score (nSPS) is 26.8. The van der Waals surface area contributed by atoms with Crippen LogP contribution in [0.3, 0.4) is 0 Å². The lowest BCUT2D eigenvalue weighted by molar-refractivity contribution is -0.108. The average molecular weight is 180 g/mol. The van der Waals surface area contributed by atoms with E-state index in [1.807, 2.05) is 26.2 Å². The molecule has 0 fully saturated rings. The number of hydrogen-bond donors (Lipinski definition) is 2. The highest BCUT2D eigenvalue weighted by Crippen LogP contribution is 2.22. The van der Waals surface area contributed by atoms with E-state index in [9.17, 15) is 4.79 Å². The van der Waals surface area contributed by atoms with Gasteiger partial charge in [-0.2, -0.15) is 0 Å². The molecule has 0 heterocycles. The van der Waals surface area contributed by atoms with E-state index in [0.29, 0.717) is 6.42 Å². The van der Waals surface area contributed by atoms with Gasteiger partial charge in [0.05, 0.1) is 0 Å². The maximum absolute atomic E-state index is 10.5. The number of aldehydes is 1. The Balaban J connectivity index is 2.70. The van der Waals surface area contributed by atoms with Gasteiger partial charge in [0.2, 0.25) is 0 Å². The first-order chi connectivity index (χ1) is 6.26. The number of likely N-dealkylation sites (N-methyl/N-ethyl adjacent to an activating group) is 2. The average Bonchev–Trinajstić information content (AvgIpc) is 2.19. The molecule has 72 valence electrons. The summed E-state index contributed by atoms with van der Waals surface area (Å²) in [4.78, 5) is 10.5. The summed E-state index contributed by atoms with van der Waals surface area (Å²) in [7, 11) is 3.77. The molecule has 1 unspecified atom stereocenters. The van der Waals surface area contributed by atoms with E-state index >= 15 is 0 Å². The first-order valence-electron chi connectivity index (χ1n) is 4.46. The van der Waals surface area contributed by atoms with Crippen LogP contribution in [0.15, 0.2) is 23.9 Å². The number of carbonyl (C=O) groups excluding carboxylic acids is 1. The third-order valence-electron chi connectivity index (χ3n) is 2.50. The highest BCUT2D eigenvalue weighted by atomic mass is 16.1.